The number of hydrogen-bond acceptors (Lipinski definition) is 3. The van der Waals surface area contributed by atoms with Crippen LogP contribution >= 0.6 is 11.6 Å². The number of hydrogen-bond donors (Lipinski definition) is 2. The molecule has 130 valence electrons. The molecular weight excluding hydrogens is 342 g/mol. The molecule has 5 nitrogen and oxygen atoms in total. The van der Waals surface area contributed by atoms with Crippen LogP contribution in [0.15, 0.2) is 36.4 Å². The second kappa shape index (κ2) is 7.15. The van der Waals surface area contributed by atoms with E-state index in [0.29, 0.717) is 16.9 Å². The largest absolute Gasteiger partial charge is 0.495 e. The number of benzene rings is 2. The number of rotatable bonds is 5. The highest BCUT2D eigenvalue weighted by molar-refractivity contribution is 6.32. The average Bonchev–Trinajstić information content (AvgIpc) is 3.06. The van der Waals surface area contributed by atoms with Crippen LogP contribution in [0.1, 0.15) is 39.5 Å². The Kier molecular flexibility index (Phi) is 4.95. The Morgan fingerprint density at radius 2 is 1.92 bits per heavy atom. The van der Waals surface area contributed by atoms with Gasteiger partial charge >= 0.3 is 5.97 Å². The molecule has 0 saturated carbocycles. The number of carboxylic acids is 1. The Morgan fingerprint density at radius 1 is 1.16 bits per heavy atom. The zero-order valence-electron chi connectivity index (χ0n) is 13.7. The Balaban J connectivity index is 1.83. The monoisotopic (exact) mass is 359 g/mol. The van der Waals surface area contributed by atoms with Crippen molar-refractivity contribution in [3.8, 4) is 5.75 Å². The number of carboxylic acid groups (broad SMARTS) is 1. The van der Waals surface area contributed by atoms with E-state index in [2.05, 4.69) is 5.32 Å². The summed E-state index contributed by atoms with van der Waals surface area (Å²) in [4.78, 5) is 24.1. The van der Waals surface area contributed by atoms with Gasteiger partial charge in [0.15, 0.2) is 6.04 Å². The van der Waals surface area contributed by atoms with E-state index < -0.39 is 17.9 Å². The molecule has 0 saturated heterocycles. The molecule has 0 fully saturated rings. The Labute approximate surface area is 150 Å². The number of nitrogens with one attached hydrogen (secondary N) is 1. The van der Waals surface area contributed by atoms with E-state index in [4.69, 9.17) is 16.3 Å². The van der Waals surface area contributed by atoms with Crippen LogP contribution in [0, 0.1) is 0 Å². The summed E-state index contributed by atoms with van der Waals surface area (Å²) in [6.07, 6.45) is 3.06. The fourth-order valence-corrected chi connectivity index (χ4v) is 3.34. The third kappa shape index (κ3) is 3.61. The molecule has 0 spiro atoms. The van der Waals surface area contributed by atoms with Crippen LogP contribution < -0.4 is 10.1 Å². The SMILES string of the molecule is COc1ccc(C(NC(=O)c2ccc3c(c2)CCC3)C(=O)O)cc1Cl. The lowest BCUT2D eigenvalue weighted by atomic mass is 10.0. The van der Waals surface area contributed by atoms with E-state index in [-0.39, 0.29) is 5.02 Å². The Morgan fingerprint density at radius 3 is 2.60 bits per heavy atom. The van der Waals surface area contributed by atoms with Crippen molar-refractivity contribution in [3.05, 3.63) is 63.7 Å². The molecule has 2 aromatic carbocycles. The minimum Gasteiger partial charge on any atom is -0.495 e. The van der Waals surface area contributed by atoms with Crippen molar-refractivity contribution in [2.45, 2.75) is 25.3 Å². The number of fused-ring (bicyclic) bond motifs is 1. The first-order valence-electron chi connectivity index (χ1n) is 7.98. The second-order valence-electron chi connectivity index (χ2n) is 5.98. The standard InChI is InChI=1S/C19H18ClNO4/c1-25-16-8-7-13(10-15(16)20)17(19(23)24)21-18(22)14-6-5-11-3-2-4-12(11)9-14/h5-10,17H,2-4H2,1H3,(H,21,22)(H,23,24). The molecule has 3 rings (SSSR count). The molecule has 0 bridgehead atoms. The van der Waals surface area contributed by atoms with Gasteiger partial charge in [-0.25, -0.2) is 4.79 Å². The van der Waals surface area contributed by atoms with Gasteiger partial charge in [-0.2, -0.15) is 0 Å². The van der Waals surface area contributed by atoms with Crippen LogP contribution in [0.2, 0.25) is 5.02 Å². The molecule has 0 heterocycles. The second-order valence-corrected chi connectivity index (χ2v) is 6.38. The molecule has 2 N–H and O–H groups in total. The number of ether oxygens (including phenoxy) is 1. The summed E-state index contributed by atoms with van der Waals surface area (Å²) in [5.41, 5.74) is 3.26. The van der Waals surface area contributed by atoms with Gasteiger partial charge in [0.1, 0.15) is 5.75 Å². The van der Waals surface area contributed by atoms with E-state index in [1.54, 1.807) is 18.2 Å². The van der Waals surface area contributed by atoms with Crippen molar-refractivity contribution in [2.75, 3.05) is 7.11 Å². The van der Waals surface area contributed by atoms with Crippen LogP contribution in [0.3, 0.4) is 0 Å². The van der Waals surface area contributed by atoms with Crippen molar-refractivity contribution in [2.24, 2.45) is 0 Å². The van der Waals surface area contributed by atoms with E-state index in [9.17, 15) is 14.7 Å². The van der Waals surface area contributed by atoms with E-state index in [0.717, 1.165) is 24.8 Å². The average molecular weight is 360 g/mol. The van der Waals surface area contributed by atoms with Gasteiger partial charge < -0.3 is 15.2 Å². The molecule has 0 aromatic heterocycles. The van der Waals surface area contributed by atoms with E-state index in [1.165, 1.54) is 18.7 Å². The number of methoxy groups -OCH3 is 1. The van der Waals surface area contributed by atoms with E-state index >= 15 is 0 Å². The molecule has 25 heavy (non-hydrogen) atoms. The highest BCUT2D eigenvalue weighted by atomic mass is 35.5. The zero-order valence-corrected chi connectivity index (χ0v) is 14.5. The zero-order chi connectivity index (χ0) is 18.0. The highest BCUT2D eigenvalue weighted by Crippen LogP contribution is 2.28. The Hall–Kier alpha value is -2.53. The summed E-state index contributed by atoms with van der Waals surface area (Å²) in [5.74, 6) is -1.13. The van der Waals surface area contributed by atoms with Gasteiger partial charge in [0.05, 0.1) is 12.1 Å². The highest BCUT2D eigenvalue weighted by Gasteiger charge is 2.24. The first-order chi connectivity index (χ1) is 12.0. The van der Waals surface area contributed by atoms with Crippen molar-refractivity contribution in [1.29, 1.82) is 0 Å². The molecule has 6 heteroatoms. The lowest BCUT2D eigenvalue weighted by molar-refractivity contribution is -0.139. The van der Waals surface area contributed by atoms with Crippen LogP contribution in [0.4, 0.5) is 0 Å². The van der Waals surface area contributed by atoms with Crippen molar-refractivity contribution >= 4 is 23.5 Å². The van der Waals surface area contributed by atoms with Gasteiger partial charge in [0.2, 0.25) is 0 Å². The van der Waals surface area contributed by atoms with E-state index in [1.807, 2.05) is 12.1 Å². The summed E-state index contributed by atoms with van der Waals surface area (Å²) in [6, 6.07) is 8.97. The van der Waals surface area contributed by atoms with Crippen molar-refractivity contribution in [3.63, 3.8) is 0 Å². The summed E-state index contributed by atoms with van der Waals surface area (Å²) < 4.78 is 5.07. The van der Waals surface area contributed by atoms with Crippen molar-refractivity contribution in [1.82, 2.24) is 5.32 Å². The predicted molar refractivity (Wildman–Crippen MR) is 94.3 cm³/mol. The van der Waals surface area contributed by atoms with Crippen LogP contribution in [0.5, 0.6) is 5.75 Å². The fourth-order valence-electron chi connectivity index (χ4n) is 3.08. The molecule has 2 aromatic rings. The summed E-state index contributed by atoms with van der Waals surface area (Å²) in [6.45, 7) is 0. The number of carbonyl (C=O) groups excluding carboxylic acids is 1. The van der Waals surface area contributed by atoms with Gasteiger partial charge in [-0.3, -0.25) is 4.79 Å². The van der Waals surface area contributed by atoms with Crippen LogP contribution in [-0.4, -0.2) is 24.1 Å². The van der Waals surface area contributed by atoms with Gasteiger partial charge in [0.25, 0.3) is 5.91 Å². The number of aliphatic carboxylic acids is 1. The molecule has 1 amide bonds. The van der Waals surface area contributed by atoms with Crippen molar-refractivity contribution < 1.29 is 19.4 Å². The van der Waals surface area contributed by atoms with Gasteiger partial charge in [-0.15, -0.1) is 0 Å². The lowest BCUT2D eigenvalue weighted by Crippen LogP contribution is -2.33. The number of amides is 1. The molecule has 1 unspecified atom stereocenters. The summed E-state index contributed by atoms with van der Waals surface area (Å²) >= 11 is 6.07. The topological polar surface area (TPSA) is 75.6 Å². The molecular formula is C19H18ClNO4. The first-order valence-corrected chi connectivity index (χ1v) is 8.36. The minimum atomic E-state index is -1.19. The predicted octanol–water partition coefficient (Wildman–Crippen LogP) is 3.39. The molecule has 1 atom stereocenters. The first kappa shape index (κ1) is 17.3. The smallest absolute Gasteiger partial charge is 0.330 e. The lowest BCUT2D eigenvalue weighted by Gasteiger charge is -2.16. The fraction of sp³-hybridized carbons (Fsp3) is 0.263. The van der Waals surface area contributed by atoms with Gasteiger partial charge in [-0.1, -0.05) is 23.7 Å². The normalized spacial score (nSPS) is 13.8. The molecule has 1 aliphatic rings. The Bertz CT molecular complexity index is 834. The van der Waals surface area contributed by atoms with Gasteiger partial charge in [0, 0.05) is 5.56 Å². The number of aryl methyl sites for hydroxylation is 2. The third-order valence-electron chi connectivity index (χ3n) is 4.39. The maximum absolute atomic E-state index is 12.5. The third-order valence-corrected chi connectivity index (χ3v) is 4.69. The molecule has 0 radical (unpaired) electrons. The number of halogens is 1. The van der Waals surface area contributed by atoms with Crippen LogP contribution in [0.25, 0.3) is 0 Å². The summed E-state index contributed by atoms with van der Waals surface area (Å²) in [7, 11) is 1.48. The number of carbonyl (C=O) groups is 2. The quantitative estimate of drug-likeness (QED) is 0.858. The molecule has 1 aliphatic carbocycles. The maximum atomic E-state index is 12.5. The minimum absolute atomic E-state index is 0.290. The molecule has 0 aliphatic heterocycles. The van der Waals surface area contributed by atoms with Crippen LogP contribution in [-0.2, 0) is 17.6 Å². The van der Waals surface area contributed by atoms with Gasteiger partial charge in [-0.05, 0) is 60.2 Å². The summed E-state index contributed by atoms with van der Waals surface area (Å²) in [5, 5.41) is 12.4. The maximum Gasteiger partial charge on any atom is 0.330 e.